The Kier molecular flexibility index (Phi) is 2.35. The lowest BCUT2D eigenvalue weighted by Gasteiger charge is -2.28. The van der Waals surface area contributed by atoms with Gasteiger partial charge in [0.15, 0.2) is 0 Å². The molecule has 1 spiro atoms. The topological polar surface area (TPSA) is 32.7 Å². The first-order valence-electron chi connectivity index (χ1n) is 4.81. The van der Waals surface area contributed by atoms with Gasteiger partial charge in [-0.25, -0.2) is 0 Å². The predicted molar refractivity (Wildman–Crippen MR) is 46.1 cm³/mol. The third kappa shape index (κ3) is 1.49. The molecule has 2 aliphatic rings. The van der Waals surface area contributed by atoms with Gasteiger partial charge in [0.25, 0.3) is 0 Å². The maximum absolute atomic E-state index is 8.89. The normalized spacial score (nSPS) is 28.8. The van der Waals surface area contributed by atoms with E-state index in [1.165, 1.54) is 12.8 Å². The van der Waals surface area contributed by atoms with Crippen molar-refractivity contribution in [1.82, 2.24) is 4.90 Å². The smallest absolute Gasteiger partial charge is 0.0650 e. The first-order chi connectivity index (χ1) is 5.87. The van der Waals surface area contributed by atoms with Gasteiger partial charge in [-0.15, -0.1) is 0 Å². The summed E-state index contributed by atoms with van der Waals surface area (Å²) in [5, 5.41) is 8.89. The highest BCUT2D eigenvalue weighted by molar-refractivity contribution is 5.04. The molecular weight excluding hydrogens is 154 g/mol. The van der Waals surface area contributed by atoms with E-state index in [0.717, 1.165) is 32.7 Å². The fourth-order valence-electron chi connectivity index (χ4n) is 2.02. The van der Waals surface area contributed by atoms with Crippen LogP contribution in [-0.4, -0.2) is 48.5 Å². The van der Waals surface area contributed by atoms with Crippen molar-refractivity contribution in [3.8, 4) is 0 Å². The number of ether oxygens (including phenoxy) is 1. The third-order valence-corrected chi connectivity index (χ3v) is 2.96. The van der Waals surface area contributed by atoms with Crippen molar-refractivity contribution in [2.45, 2.75) is 24.8 Å². The van der Waals surface area contributed by atoms with E-state index in [2.05, 4.69) is 4.90 Å². The number of nitrogens with zero attached hydrogens (tertiary/aromatic N) is 1. The van der Waals surface area contributed by atoms with Crippen LogP contribution >= 0.6 is 0 Å². The highest BCUT2D eigenvalue weighted by Crippen LogP contribution is 2.42. The lowest BCUT2D eigenvalue weighted by atomic mass is 10.2. The van der Waals surface area contributed by atoms with Gasteiger partial charge >= 0.3 is 0 Å². The van der Waals surface area contributed by atoms with Crippen LogP contribution in [0.4, 0.5) is 0 Å². The molecule has 0 atom stereocenters. The molecule has 0 aromatic heterocycles. The molecule has 2 fully saturated rings. The second kappa shape index (κ2) is 3.32. The zero-order valence-corrected chi connectivity index (χ0v) is 7.46. The second-order valence-electron chi connectivity index (χ2n) is 3.84. The molecule has 0 aromatic rings. The van der Waals surface area contributed by atoms with E-state index in [9.17, 15) is 0 Å². The Bertz CT molecular complexity index is 157. The number of aliphatic hydroxyl groups is 1. The first-order valence-corrected chi connectivity index (χ1v) is 4.81. The average Bonchev–Trinajstić information content (AvgIpc) is 2.85. The minimum absolute atomic E-state index is 0.280. The maximum atomic E-state index is 8.89. The van der Waals surface area contributed by atoms with Crippen LogP contribution in [0.5, 0.6) is 0 Å². The van der Waals surface area contributed by atoms with E-state index in [4.69, 9.17) is 9.84 Å². The summed E-state index contributed by atoms with van der Waals surface area (Å²) in [6.07, 6.45) is 3.63. The van der Waals surface area contributed by atoms with Gasteiger partial charge in [-0.1, -0.05) is 0 Å². The Morgan fingerprint density at radius 1 is 1.42 bits per heavy atom. The molecule has 0 unspecified atom stereocenters. The van der Waals surface area contributed by atoms with Gasteiger partial charge in [-0.3, -0.25) is 4.90 Å². The first kappa shape index (κ1) is 8.48. The zero-order valence-electron chi connectivity index (χ0n) is 7.46. The summed E-state index contributed by atoms with van der Waals surface area (Å²) >= 11 is 0. The van der Waals surface area contributed by atoms with Gasteiger partial charge < -0.3 is 9.84 Å². The molecule has 0 radical (unpaired) electrons. The highest BCUT2D eigenvalue weighted by atomic mass is 16.5. The zero-order chi connectivity index (χ0) is 8.44. The summed E-state index contributed by atoms with van der Waals surface area (Å²) in [4.78, 5) is 2.40. The summed E-state index contributed by atoms with van der Waals surface area (Å²) in [6, 6.07) is 0. The Labute approximate surface area is 73.3 Å². The van der Waals surface area contributed by atoms with Gasteiger partial charge in [-0.2, -0.15) is 0 Å². The van der Waals surface area contributed by atoms with Gasteiger partial charge in [0.05, 0.1) is 13.2 Å². The number of aliphatic hydroxyl groups excluding tert-OH is 1. The van der Waals surface area contributed by atoms with E-state index in [1.807, 2.05) is 0 Å². The van der Waals surface area contributed by atoms with Crippen LogP contribution in [0.25, 0.3) is 0 Å². The summed E-state index contributed by atoms with van der Waals surface area (Å²) in [6.45, 7) is 3.97. The molecule has 70 valence electrons. The van der Waals surface area contributed by atoms with Crippen molar-refractivity contribution in [2.24, 2.45) is 0 Å². The molecule has 1 heterocycles. The SMILES string of the molecule is OCCN1CCCOCC12CC2. The van der Waals surface area contributed by atoms with Gasteiger partial charge in [0.2, 0.25) is 0 Å². The maximum Gasteiger partial charge on any atom is 0.0650 e. The third-order valence-electron chi connectivity index (χ3n) is 2.96. The largest absolute Gasteiger partial charge is 0.395 e. The molecule has 2 rings (SSSR count). The quantitative estimate of drug-likeness (QED) is 0.645. The number of rotatable bonds is 2. The molecule has 12 heavy (non-hydrogen) atoms. The molecule has 1 aliphatic heterocycles. The van der Waals surface area contributed by atoms with Gasteiger partial charge in [-0.05, 0) is 19.3 Å². The molecule has 0 amide bonds. The fraction of sp³-hybridized carbons (Fsp3) is 1.00. The number of hydrogen-bond acceptors (Lipinski definition) is 3. The molecule has 0 aromatic carbocycles. The van der Waals surface area contributed by atoms with Crippen LogP contribution in [0.15, 0.2) is 0 Å². The van der Waals surface area contributed by atoms with Crippen LogP contribution in [0.2, 0.25) is 0 Å². The second-order valence-corrected chi connectivity index (χ2v) is 3.84. The summed E-state index contributed by atoms with van der Waals surface area (Å²) < 4.78 is 5.53. The van der Waals surface area contributed by atoms with E-state index in [1.54, 1.807) is 0 Å². The lowest BCUT2D eigenvalue weighted by molar-refractivity contribution is 0.0778. The van der Waals surface area contributed by atoms with Crippen LogP contribution < -0.4 is 0 Å². The molecule has 1 aliphatic carbocycles. The molecule has 1 saturated carbocycles. The van der Waals surface area contributed by atoms with Crippen molar-refractivity contribution in [2.75, 3.05) is 32.9 Å². The average molecular weight is 171 g/mol. The van der Waals surface area contributed by atoms with Gasteiger partial charge in [0.1, 0.15) is 0 Å². The van der Waals surface area contributed by atoms with Crippen molar-refractivity contribution in [1.29, 1.82) is 0 Å². The van der Waals surface area contributed by atoms with Crippen LogP contribution in [-0.2, 0) is 4.74 Å². The summed E-state index contributed by atoms with van der Waals surface area (Å²) in [5.74, 6) is 0. The van der Waals surface area contributed by atoms with E-state index in [0.29, 0.717) is 5.54 Å². The standard InChI is InChI=1S/C9H17NO2/c11-6-5-10-4-1-7-12-8-9(10)2-3-9/h11H,1-8H2. The lowest BCUT2D eigenvalue weighted by Crippen LogP contribution is -2.41. The van der Waals surface area contributed by atoms with Crippen LogP contribution in [0.1, 0.15) is 19.3 Å². The highest BCUT2D eigenvalue weighted by Gasteiger charge is 2.48. The Morgan fingerprint density at radius 2 is 2.25 bits per heavy atom. The number of β-amino-alcohol motifs (C(OH)–C–C–N with tert-alkyl or cyclic N) is 1. The van der Waals surface area contributed by atoms with E-state index in [-0.39, 0.29) is 6.61 Å². The van der Waals surface area contributed by atoms with E-state index < -0.39 is 0 Å². The van der Waals surface area contributed by atoms with Crippen molar-refractivity contribution in [3.05, 3.63) is 0 Å². The van der Waals surface area contributed by atoms with Crippen molar-refractivity contribution in [3.63, 3.8) is 0 Å². The Morgan fingerprint density at radius 3 is 2.92 bits per heavy atom. The molecule has 3 heteroatoms. The van der Waals surface area contributed by atoms with E-state index >= 15 is 0 Å². The minimum Gasteiger partial charge on any atom is -0.395 e. The van der Waals surface area contributed by atoms with Crippen LogP contribution in [0.3, 0.4) is 0 Å². The molecule has 3 nitrogen and oxygen atoms in total. The fourth-order valence-corrected chi connectivity index (χ4v) is 2.02. The monoisotopic (exact) mass is 171 g/mol. The molecule has 0 bridgehead atoms. The predicted octanol–water partition coefficient (Wildman–Crippen LogP) is 0.234. The summed E-state index contributed by atoms with van der Waals surface area (Å²) in [7, 11) is 0. The number of hydrogen-bond donors (Lipinski definition) is 1. The van der Waals surface area contributed by atoms with Crippen molar-refractivity contribution >= 4 is 0 Å². The Balaban J connectivity index is 1.96. The molecular formula is C9H17NO2. The minimum atomic E-state index is 0.280. The molecule has 1 saturated heterocycles. The summed E-state index contributed by atoms with van der Waals surface area (Å²) in [5.41, 5.74) is 0.333. The van der Waals surface area contributed by atoms with Crippen LogP contribution in [0, 0.1) is 0 Å². The van der Waals surface area contributed by atoms with Gasteiger partial charge in [0, 0.05) is 25.2 Å². The molecule has 1 N–H and O–H groups in total. The van der Waals surface area contributed by atoms with Crippen molar-refractivity contribution < 1.29 is 9.84 Å². The Hall–Kier alpha value is -0.120.